The van der Waals surface area contributed by atoms with Crippen molar-refractivity contribution in [3.05, 3.63) is 35.9 Å². The highest BCUT2D eigenvalue weighted by Crippen LogP contribution is 2.13. The zero-order valence-corrected chi connectivity index (χ0v) is 12.1. The highest BCUT2D eigenvalue weighted by molar-refractivity contribution is 5.76. The van der Waals surface area contributed by atoms with Crippen molar-refractivity contribution in [1.29, 1.82) is 0 Å². The van der Waals surface area contributed by atoms with Gasteiger partial charge in [-0.05, 0) is 37.9 Å². The highest BCUT2D eigenvalue weighted by Gasteiger charge is 2.21. The van der Waals surface area contributed by atoms with Crippen LogP contribution in [0.1, 0.15) is 31.2 Å². The molecule has 1 heterocycles. The van der Waals surface area contributed by atoms with E-state index < -0.39 is 0 Å². The summed E-state index contributed by atoms with van der Waals surface area (Å²) in [6.07, 6.45) is 3.55. The number of carbonyl (C=O) groups is 1. The molecular weight excluding hydrogens is 250 g/mol. The maximum atomic E-state index is 11.7. The van der Waals surface area contributed by atoms with E-state index >= 15 is 0 Å². The molecule has 1 fully saturated rings. The fraction of sp³-hybridized carbons (Fsp3) is 0.562. The first-order valence-corrected chi connectivity index (χ1v) is 7.53. The van der Waals surface area contributed by atoms with Gasteiger partial charge in [-0.15, -0.1) is 0 Å². The van der Waals surface area contributed by atoms with Crippen LogP contribution in [0, 0.1) is 0 Å². The molecule has 4 heteroatoms. The molecule has 0 aliphatic carbocycles. The van der Waals surface area contributed by atoms with E-state index in [1.807, 2.05) is 6.07 Å². The van der Waals surface area contributed by atoms with Crippen LogP contribution in [0.25, 0.3) is 0 Å². The molecule has 0 saturated carbocycles. The van der Waals surface area contributed by atoms with Crippen LogP contribution in [0.15, 0.2) is 30.3 Å². The van der Waals surface area contributed by atoms with Gasteiger partial charge in [-0.1, -0.05) is 30.3 Å². The van der Waals surface area contributed by atoms with Gasteiger partial charge in [-0.2, -0.15) is 0 Å². The molecule has 0 bridgehead atoms. The quantitative estimate of drug-likeness (QED) is 0.827. The Hall–Kier alpha value is -1.39. The summed E-state index contributed by atoms with van der Waals surface area (Å²) in [5.74, 6) is 0.141. The lowest BCUT2D eigenvalue weighted by Crippen LogP contribution is -2.47. The monoisotopic (exact) mass is 275 g/mol. The third kappa shape index (κ3) is 4.94. The molecule has 1 aromatic rings. The molecular formula is C16H25N3O. The summed E-state index contributed by atoms with van der Waals surface area (Å²) in [6, 6.07) is 10.8. The van der Waals surface area contributed by atoms with Crippen molar-refractivity contribution in [3.63, 3.8) is 0 Å². The minimum Gasteiger partial charge on any atom is -0.352 e. The standard InChI is InChI=1S/C16H25N3O/c17-10-4-9-16(20)18-15-8-5-11-19(13-15)12-14-6-2-1-3-7-14/h1-3,6-7,15H,4-5,8-13,17H2,(H,18,20). The number of hydrogen-bond acceptors (Lipinski definition) is 3. The first kappa shape index (κ1) is 15.0. The third-order valence-electron chi connectivity index (χ3n) is 3.73. The number of hydrogen-bond donors (Lipinski definition) is 2. The molecule has 4 nitrogen and oxygen atoms in total. The average Bonchev–Trinajstić information content (AvgIpc) is 2.46. The molecule has 0 spiro atoms. The molecule has 1 aliphatic rings. The van der Waals surface area contributed by atoms with Crippen LogP contribution in [0.2, 0.25) is 0 Å². The van der Waals surface area contributed by atoms with Gasteiger partial charge in [0.05, 0.1) is 0 Å². The van der Waals surface area contributed by atoms with Crippen molar-refractivity contribution >= 4 is 5.91 Å². The van der Waals surface area contributed by atoms with Crippen LogP contribution in [0.3, 0.4) is 0 Å². The van der Waals surface area contributed by atoms with Crippen LogP contribution in [-0.2, 0) is 11.3 Å². The first-order valence-electron chi connectivity index (χ1n) is 7.53. The number of carbonyl (C=O) groups excluding carboxylic acids is 1. The fourth-order valence-corrected chi connectivity index (χ4v) is 2.72. The van der Waals surface area contributed by atoms with Crippen molar-refractivity contribution in [2.75, 3.05) is 19.6 Å². The average molecular weight is 275 g/mol. The van der Waals surface area contributed by atoms with Crippen molar-refractivity contribution in [2.24, 2.45) is 5.73 Å². The van der Waals surface area contributed by atoms with Crippen molar-refractivity contribution < 1.29 is 4.79 Å². The van der Waals surface area contributed by atoms with Crippen LogP contribution in [0.4, 0.5) is 0 Å². The largest absolute Gasteiger partial charge is 0.352 e. The summed E-state index contributed by atoms with van der Waals surface area (Å²) in [5.41, 5.74) is 6.77. The fourth-order valence-electron chi connectivity index (χ4n) is 2.72. The molecule has 0 radical (unpaired) electrons. The van der Waals surface area contributed by atoms with Crippen molar-refractivity contribution in [3.8, 4) is 0 Å². The molecule has 1 atom stereocenters. The lowest BCUT2D eigenvalue weighted by Gasteiger charge is -2.33. The highest BCUT2D eigenvalue weighted by atomic mass is 16.1. The molecule has 1 saturated heterocycles. The van der Waals surface area contributed by atoms with E-state index in [9.17, 15) is 4.79 Å². The van der Waals surface area contributed by atoms with Gasteiger partial charge < -0.3 is 11.1 Å². The van der Waals surface area contributed by atoms with Gasteiger partial charge in [-0.25, -0.2) is 0 Å². The number of nitrogens with two attached hydrogens (primary N) is 1. The topological polar surface area (TPSA) is 58.4 Å². The number of amides is 1. The number of nitrogens with one attached hydrogen (secondary N) is 1. The number of piperidine rings is 1. The zero-order valence-electron chi connectivity index (χ0n) is 12.1. The Labute approximate surface area is 121 Å². The molecule has 0 aromatic heterocycles. The predicted molar refractivity (Wildman–Crippen MR) is 81.2 cm³/mol. The molecule has 110 valence electrons. The van der Waals surface area contributed by atoms with E-state index in [0.717, 1.165) is 38.9 Å². The first-order chi connectivity index (χ1) is 9.78. The Balaban J connectivity index is 1.78. The Bertz CT molecular complexity index is 407. The summed E-state index contributed by atoms with van der Waals surface area (Å²) in [4.78, 5) is 14.2. The van der Waals surface area contributed by atoms with Gasteiger partial charge >= 0.3 is 0 Å². The minimum atomic E-state index is 0.141. The SMILES string of the molecule is NCCCC(=O)NC1CCCN(Cc2ccccc2)C1. The molecule has 1 amide bonds. The summed E-state index contributed by atoms with van der Waals surface area (Å²) in [5, 5.41) is 3.13. The van der Waals surface area contributed by atoms with Crippen LogP contribution < -0.4 is 11.1 Å². The van der Waals surface area contributed by atoms with Gasteiger partial charge in [0.2, 0.25) is 5.91 Å². The summed E-state index contributed by atoms with van der Waals surface area (Å²) in [7, 11) is 0. The van der Waals surface area contributed by atoms with Crippen LogP contribution in [-0.4, -0.2) is 36.5 Å². The Morgan fingerprint density at radius 3 is 2.90 bits per heavy atom. The minimum absolute atomic E-state index is 0.141. The van der Waals surface area contributed by atoms with E-state index in [-0.39, 0.29) is 11.9 Å². The van der Waals surface area contributed by atoms with Crippen molar-refractivity contribution in [1.82, 2.24) is 10.2 Å². The van der Waals surface area contributed by atoms with E-state index in [2.05, 4.69) is 34.5 Å². The van der Waals surface area contributed by atoms with Crippen molar-refractivity contribution in [2.45, 2.75) is 38.3 Å². The number of benzene rings is 1. The zero-order chi connectivity index (χ0) is 14.2. The lowest BCUT2D eigenvalue weighted by molar-refractivity contribution is -0.122. The maximum absolute atomic E-state index is 11.7. The van der Waals surface area contributed by atoms with E-state index in [0.29, 0.717) is 13.0 Å². The second-order valence-electron chi connectivity index (χ2n) is 5.52. The molecule has 20 heavy (non-hydrogen) atoms. The second kappa shape index (κ2) is 8.02. The molecule has 2 rings (SSSR count). The van der Waals surface area contributed by atoms with E-state index in [1.54, 1.807) is 0 Å². The summed E-state index contributed by atoms with van der Waals surface area (Å²) >= 11 is 0. The van der Waals surface area contributed by atoms with Gasteiger partial charge in [0, 0.05) is 25.6 Å². The van der Waals surface area contributed by atoms with E-state index in [4.69, 9.17) is 5.73 Å². The predicted octanol–water partition coefficient (Wildman–Crippen LogP) is 1.51. The van der Waals surface area contributed by atoms with E-state index in [1.165, 1.54) is 5.56 Å². The smallest absolute Gasteiger partial charge is 0.220 e. The molecule has 3 N–H and O–H groups in total. The van der Waals surface area contributed by atoms with Gasteiger partial charge in [0.1, 0.15) is 0 Å². The van der Waals surface area contributed by atoms with Crippen LogP contribution >= 0.6 is 0 Å². The molecule has 1 aliphatic heterocycles. The Morgan fingerprint density at radius 2 is 2.15 bits per heavy atom. The number of likely N-dealkylation sites (tertiary alicyclic amines) is 1. The number of rotatable bonds is 6. The normalized spacial score (nSPS) is 19.8. The van der Waals surface area contributed by atoms with Crippen LogP contribution in [0.5, 0.6) is 0 Å². The Morgan fingerprint density at radius 1 is 1.35 bits per heavy atom. The molecule has 1 unspecified atom stereocenters. The lowest BCUT2D eigenvalue weighted by atomic mass is 10.0. The van der Waals surface area contributed by atoms with Gasteiger partial charge in [0.25, 0.3) is 0 Å². The Kier molecular flexibility index (Phi) is 6.02. The van der Waals surface area contributed by atoms with Gasteiger partial charge in [-0.3, -0.25) is 9.69 Å². The third-order valence-corrected chi connectivity index (χ3v) is 3.73. The number of nitrogens with zero attached hydrogens (tertiary/aromatic N) is 1. The summed E-state index contributed by atoms with van der Waals surface area (Å²) in [6.45, 7) is 3.61. The molecule has 1 aromatic carbocycles. The maximum Gasteiger partial charge on any atom is 0.220 e. The summed E-state index contributed by atoms with van der Waals surface area (Å²) < 4.78 is 0. The second-order valence-corrected chi connectivity index (χ2v) is 5.52. The van der Waals surface area contributed by atoms with Gasteiger partial charge in [0.15, 0.2) is 0 Å².